The summed E-state index contributed by atoms with van der Waals surface area (Å²) in [4.78, 5) is 0. The molecule has 0 atom stereocenters. The summed E-state index contributed by atoms with van der Waals surface area (Å²) >= 11 is 17.8. The highest BCUT2D eigenvalue weighted by Gasteiger charge is 2.43. The Kier molecular flexibility index (Phi) is 26.5. The van der Waals surface area contributed by atoms with Gasteiger partial charge in [0.15, 0.2) is 0 Å². The Morgan fingerprint density at radius 3 is 0.371 bits per heavy atom. The van der Waals surface area contributed by atoms with E-state index in [1.807, 2.05) is 158 Å². The van der Waals surface area contributed by atoms with Crippen LogP contribution in [0.2, 0.25) is 0 Å². The first kappa shape index (κ1) is 83.1. The largest absolute Gasteiger partial charge is 0.508 e. The Morgan fingerprint density at radius 1 is 0.155 bits per heavy atom. The molecular weight excluding hydrogens is 1970 g/mol. The van der Waals surface area contributed by atoms with Crippen LogP contribution in [0.25, 0.3) is 0 Å². The number of nitrogen functional groups attached to an aromatic ring is 6. The van der Waals surface area contributed by atoms with Crippen molar-refractivity contribution in [2.45, 2.75) is 21.7 Å². The van der Waals surface area contributed by atoms with Crippen LogP contribution in [0, 0.1) is 10.7 Å². The third-order valence-electron chi connectivity index (χ3n) is 20.9. The highest BCUT2D eigenvalue weighted by Crippen LogP contribution is 2.51. The van der Waals surface area contributed by atoms with Gasteiger partial charge in [0.2, 0.25) is 0 Å². The normalized spacial score (nSPS) is 11.4. The van der Waals surface area contributed by atoms with Crippen LogP contribution in [0.5, 0.6) is 23.0 Å². The van der Waals surface area contributed by atoms with Crippen LogP contribution >= 0.6 is 116 Å². The Hall–Kier alpha value is -10.9. The molecule has 0 amide bonds. The zero-order valence-corrected chi connectivity index (χ0v) is 73.7. The van der Waals surface area contributed by atoms with Gasteiger partial charge in [-0.1, -0.05) is 242 Å². The molecule has 0 heterocycles. The minimum atomic E-state index is -0.695. The van der Waals surface area contributed by atoms with E-state index in [9.17, 15) is 20.4 Å². The lowest BCUT2D eigenvalue weighted by molar-refractivity contribution is 0.473. The van der Waals surface area contributed by atoms with Crippen molar-refractivity contribution in [3.8, 4) is 23.0 Å². The van der Waals surface area contributed by atoms with Crippen molar-refractivity contribution < 1.29 is 20.4 Å². The molecule has 0 spiro atoms. The van der Waals surface area contributed by atoms with E-state index in [1.165, 1.54) is 29.4 Å². The third kappa shape index (κ3) is 17.9. The molecule has 0 radical (unpaired) electrons. The average molecular weight is 2050 g/mol. The van der Waals surface area contributed by atoms with Gasteiger partial charge in [0.05, 0.1) is 21.7 Å². The van der Waals surface area contributed by atoms with E-state index in [1.54, 1.807) is 48.5 Å². The number of nitrogens with two attached hydrogens (primary N) is 6. The van der Waals surface area contributed by atoms with Crippen molar-refractivity contribution in [3.05, 3.63) is 501 Å². The van der Waals surface area contributed by atoms with Gasteiger partial charge >= 0.3 is 0 Å². The first-order valence-electron chi connectivity index (χ1n) is 36.9. The molecule has 576 valence electrons. The van der Waals surface area contributed by atoms with Crippen LogP contribution in [-0.4, -0.2) is 20.4 Å². The molecular formula is C100H80Br3I3N6O4. The molecule has 116 heavy (non-hydrogen) atoms. The van der Waals surface area contributed by atoms with E-state index in [0.29, 0.717) is 17.1 Å². The van der Waals surface area contributed by atoms with Gasteiger partial charge in [0.25, 0.3) is 0 Å². The second-order valence-electron chi connectivity index (χ2n) is 28.0. The lowest BCUT2D eigenvalue weighted by Gasteiger charge is -2.37. The first-order chi connectivity index (χ1) is 56.0. The summed E-state index contributed by atoms with van der Waals surface area (Å²) in [5, 5.41) is 39.5. The molecule has 0 saturated carbocycles. The second-order valence-corrected chi connectivity index (χ2v) is 34.4. The summed E-state index contributed by atoms with van der Waals surface area (Å²) in [5.41, 5.74) is 55.6. The average Bonchev–Trinajstić information content (AvgIpc) is 0.752. The highest BCUT2D eigenvalue weighted by molar-refractivity contribution is 14.1. The molecule has 16 heteroatoms. The van der Waals surface area contributed by atoms with Gasteiger partial charge in [-0.15, -0.1) is 0 Å². The molecule has 0 aliphatic carbocycles. The SMILES string of the molecule is Brc1ccc(C(c2ccc(Br)cc2)(c2ccc(Br)cc2)c2ccc(I)cc2)cc1.Nc1ccc(C(c2ccc(N)cc2)(c2ccc(N)cc2)c2ccc(I)cc2)cc1.Nc1ccc(C(c2ccc(N)cc2)(c2ccc(N)cc2)c2ccc(O)cc2)cc1.Oc1ccc(C(c2ccc(O)cc2)(c2ccc(O)cc2)c2ccc(I)cc2)cc1. The molecule has 0 aliphatic rings. The molecule has 0 fully saturated rings. The molecule has 16 aromatic carbocycles. The lowest BCUT2D eigenvalue weighted by atomic mass is 9.65. The summed E-state index contributed by atoms with van der Waals surface area (Å²) in [6.07, 6.45) is 0. The monoisotopic (exact) mass is 2050 g/mol. The van der Waals surface area contributed by atoms with Crippen molar-refractivity contribution in [2.24, 2.45) is 0 Å². The third-order valence-corrected chi connectivity index (χ3v) is 24.7. The summed E-state index contributed by atoms with van der Waals surface area (Å²) in [6.45, 7) is 0. The number of anilines is 6. The van der Waals surface area contributed by atoms with Gasteiger partial charge in [0.1, 0.15) is 23.0 Å². The van der Waals surface area contributed by atoms with E-state index in [4.69, 9.17) is 34.4 Å². The van der Waals surface area contributed by atoms with Crippen molar-refractivity contribution in [1.82, 2.24) is 0 Å². The predicted octanol–water partition coefficient (Wildman–Crippen LogP) is 24.7. The fourth-order valence-electron chi connectivity index (χ4n) is 15.4. The summed E-state index contributed by atoms with van der Waals surface area (Å²) in [6, 6.07) is 129. The van der Waals surface area contributed by atoms with E-state index in [2.05, 4.69) is 298 Å². The maximum absolute atomic E-state index is 9.89. The van der Waals surface area contributed by atoms with Gasteiger partial charge < -0.3 is 54.8 Å². The van der Waals surface area contributed by atoms with Crippen molar-refractivity contribution in [2.75, 3.05) is 34.4 Å². The van der Waals surface area contributed by atoms with Crippen LogP contribution in [0.1, 0.15) is 89.0 Å². The number of halogens is 6. The van der Waals surface area contributed by atoms with Gasteiger partial charge in [-0.05, 0) is 351 Å². The molecule has 16 aromatic rings. The predicted molar refractivity (Wildman–Crippen MR) is 513 cm³/mol. The Balaban J connectivity index is 0.000000135. The van der Waals surface area contributed by atoms with E-state index in [0.717, 1.165) is 101 Å². The van der Waals surface area contributed by atoms with Crippen LogP contribution in [0.4, 0.5) is 34.1 Å². The molecule has 16 rings (SSSR count). The second kappa shape index (κ2) is 37.0. The number of hydrogen-bond acceptors (Lipinski definition) is 10. The number of hydrogen-bond donors (Lipinski definition) is 10. The van der Waals surface area contributed by atoms with E-state index >= 15 is 0 Å². The summed E-state index contributed by atoms with van der Waals surface area (Å²) < 4.78 is 6.76. The maximum Gasteiger partial charge on any atom is 0.115 e. The van der Waals surface area contributed by atoms with Gasteiger partial charge in [0, 0.05) is 58.3 Å². The molecule has 0 saturated heterocycles. The molecule has 0 bridgehead atoms. The molecule has 10 nitrogen and oxygen atoms in total. The minimum absolute atomic E-state index is 0.196. The highest BCUT2D eigenvalue weighted by atomic mass is 127. The zero-order chi connectivity index (χ0) is 81.7. The van der Waals surface area contributed by atoms with Crippen molar-refractivity contribution in [3.63, 3.8) is 0 Å². The van der Waals surface area contributed by atoms with E-state index < -0.39 is 21.7 Å². The maximum atomic E-state index is 9.89. The van der Waals surface area contributed by atoms with Gasteiger partial charge in [-0.3, -0.25) is 0 Å². The number of phenols is 4. The number of phenolic OH excluding ortho intramolecular Hbond substituents is 4. The Labute approximate surface area is 742 Å². The van der Waals surface area contributed by atoms with Crippen LogP contribution in [-0.2, 0) is 21.7 Å². The lowest BCUT2D eigenvalue weighted by Crippen LogP contribution is -2.31. The topological polar surface area (TPSA) is 237 Å². The summed E-state index contributed by atoms with van der Waals surface area (Å²) in [7, 11) is 0. The van der Waals surface area contributed by atoms with Crippen LogP contribution < -0.4 is 34.4 Å². The number of benzene rings is 16. The van der Waals surface area contributed by atoms with Crippen LogP contribution in [0.3, 0.4) is 0 Å². The minimum Gasteiger partial charge on any atom is -0.508 e. The van der Waals surface area contributed by atoms with Gasteiger partial charge in [-0.2, -0.15) is 0 Å². The number of aromatic hydroxyl groups is 4. The summed E-state index contributed by atoms with van der Waals surface area (Å²) in [5.74, 6) is 0.805. The smallest absolute Gasteiger partial charge is 0.115 e. The van der Waals surface area contributed by atoms with Crippen molar-refractivity contribution in [1.29, 1.82) is 0 Å². The molecule has 0 aliphatic heterocycles. The quantitative estimate of drug-likeness (QED) is 0.0249. The first-order valence-corrected chi connectivity index (χ1v) is 42.5. The fraction of sp³-hybridized carbons (Fsp3) is 0.0400. The number of rotatable bonds is 16. The Bertz CT molecular complexity index is 4420. The molecule has 0 aromatic heterocycles. The standard InChI is InChI=1S/C25H16Br3I.C25H22IN3.C25H19IO3.C25H23N3O/c4*26-21-9-1-17(2-10-21)25(18-3-11-22(27)12-4-18,19-5-13-23(28)14-6-19)20-7-15-24(29)16-8-20/h1-16H;1-16H,27-29H2;1-16,27-29H;1-16,29H,26-28H2. The molecule has 0 unspecified atom stereocenters. The van der Waals surface area contributed by atoms with Crippen molar-refractivity contribution >= 4 is 150 Å². The molecule has 16 N–H and O–H groups in total. The van der Waals surface area contributed by atoms with E-state index in [-0.39, 0.29) is 23.0 Å². The van der Waals surface area contributed by atoms with Crippen LogP contribution in [0.15, 0.2) is 402 Å². The zero-order valence-electron chi connectivity index (χ0n) is 62.5. The Morgan fingerprint density at radius 2 is 0.250 bits per heavy atom. The van der Waals surface area contributed by atoms with Gasteiger partial charge in [-0.25, -0.2) is 0 Å². The fourth-order valence-corrected chi connectivity index (χ4v) is 17.3.